The molecule has 5 nitrogen and oxygen atoms in total. The normalized spacial score (nSPS) is 15.0. The van der Waals surface area contributed by atoms with E-state index in [2.05, 4.69) is 29.1 Å². The molecule has 0 saturated heterocycles. The number of urea groups is 1. The molecular weight excluding hydrogens is 412 g/mol. The highest BCUT2D eigenvalue weighted by Crippen LogP contribution is 2.33. The van der Waals surface area contributed by atoms with Crippen LogP contribution in [0, 0.1) is 11.7 Å². The zero-order valence-corrected chi connectivity index (χ0v) is 17.8. The molecule has 1 unspecified atom stereocenters. The van der Waals surface area contributed by atoms with Gasteiger partial charge in [0.05, 0.1) is 23.8 Å². The molecule has 2 aromatic rings. The Morgan fingerprint density at radius 2 is 2.03 bits per heavy atom. The van der Waals surface area contributed by atoms with Gasteiger partial charge in [-0.25, -0.2) is 19.2 Å². The van der Waals surface area contributed by atoms with Gasteiger partial charge in [-0.1, -0.05) is 26.8 Å². The lowest BCUT2D eigenvalue weighted by atomic mass is 10.0. The molecule has 1 aliphatic rings. The van der Waals surface area contributed by atoms with Crippen molar-refractivity contribution in [3.8, 4) is 0 Å². The van der Waals surface area contributed by atoms with Gasteiger partial charge in [-0.3, -0.25) is 0 Å². The minimum absolute atomic E-state index is 0.292. The maximum Gasteiger partial charge on any atom is 0.419 e. The first-order valence-electron chi connectivity index (χ1n) is 10.3. The number of nitrogens with zero attached hydrogens (tertiary/aromatic N) is 3. The van der Waals surface area contributed by atoms with Gasteiger partial charge in [0.25, 0.3) is 0 Å². The molecule has 1 aromatic carbocycles. The first-order valence-corrected chi connectivity index (χ1v) is 10.3. The Kier molecular flexibility index (Phi) is 6.81. The lowest BCUT2D eigenvalue weighted by molar-refractivity contribution is -0.140. The molecule has 2 heterocycles. The number of aromatic nitrogens is 2. The molecule has 168 valence electrons. The average Bonchev–Trinajstić information content (AvgIpc) is 2.69. The molecule has 0 radical (unpaired) electrons. The van der Waals surface area contributed by atoms with Crippen molar-refractivity contribution in [2.45, 2.75) is 58.8 Å². The molecule has 3 rings (SSSR count). The summed E-state index contributed by atoms with van der Waals surface area (Å²) in [5.74, 6) is -0.197. The Morgan fingerprint density at radius 3 is 2.65 bits per heavy atom. The highest BCUT2D eigenvalue weighted by molar-refractivity contribution is 5.75. The molecule has 0 bridgehead atoms. The first kappa shape index (κ1) is 23.0. The Bertz CT molecular complexity index is 946. The summed E-state index contributed by atoms with van der Waals surface area (Å²) in [6, 6.07) is 1.80. The predicted octanol–water partition coefficient (Wildman–Crippen LogP) is 5.05. The minimum Gasteiger partial charge on any atom is -0.331 e. The van der Waals surface area contributed by atoms with Gasteiger partial charge in [-0.05, 0) is 42.0 Å². The summed E-state index contributed by atoms with van der Waals surface area (Å²) in [7, 11) is 0. The van der Waals surface area contributed by atoms with Crippen molar-refractivity contribution >= 4 is 6.03 Å². The number of benzene rings is 1. The molecular formula is C22H26F4N4O. The SMILES string of the molecule is CCC(NC(=O)N1CCc2cnc(CC(C)C)nc2C1)c1ccc(C(F)(F)F)c(F)c1. The van der Waals surface area contributed by atoms with E-state index >= 15 is 0 Å². The number of alkyl halides is 3. The Labute approximate surface area is 178 Å². The zero-order chi connectivity index (χ0) is 22.8. The maximum absolute atomic E-state index is 14.0. The van der Waals surface area contributed by atoms with E-state index in [1.54, 1.807) is 11.8 Å². The zero-order valence-electron chi connectivity index (χ0n) is 17.8. The summed E-state index contributed by atoms with van der Waals surface area (Å²) in [5.41, 5.74) is 0.788. The Balaban J connectivity index is 1.71. The van der Waals surface area contributed by atoms with E-state index in [0.717, 1.165) is 29.6 Å². The van der Waals surface area contributed by atoms with Gasteiger partial charge < -0.3 is 10.2 Å². The monoisotopic (exact) mass is 438 g/mol. The lowest BCUT2D eigenvalue weighted by Crippen LogP contribution is -2.44. The second-order valence-electron chi connectivity index (χ2n) is 8.18. The highest BCUT2D eigenvalue weighted by Gasteiger charge is 2.34. The average molecular weight is 438 g/mol. The summed E-state index contributed by atoms with van der Waals surface area (Å²) in [5, 5.41) is 2.81. The maximum atomic E-state index is 14.0. The van der Waals surface area contributed by atoms with Gasteiger partial charge in [0.1, 0.15) is 11.6 Å². The fraction of sp³-hybridized carbons (Fsp3) is 0.500. The third kappa shape index (κ3) is 5.51. The summed E-state index contributed by atoms with van der Waals surface area (Å²) in [6.07, 6.45) is -1.17. The Morgan fingerprint density at radius 1 is 1.29 bits per heavy atom. The van der Waals surface area contributed by atoms with E-state index in [1.807, 2.05) is 6.20 Å². The number of halogens is 4. The van der Waals surface area contributed by atoms with E-state index in [4.69, 9.17) is 0 Å². The van der Waals surface area contributed by atoms with Crippen molar-refractivity contribution in [2.24, 2.45) is 5.92 Å². The van der Waals surface area contributed by atoms with Gasteiger partial charge in [-0.15, -0.1) is 0 Å². The quantitative estimate of drug-likeness (QED) is 0.665. The van der Waals surface area contributed by atoms with E-state index in [-0.39, 0.29) is 6.03 Å². The Hall–Kier alpha value is -2.71. The fourth-order valence-corrected chi connectivity index (χ4v) is 3.62. The van der Waals surface area contributed by atoms with E-state index in [9.17, 15) is 22.4 Å². The number of hydrogen-bond donors (Lipinski definition) is 1. The molecule has 2 amide bonds. The number of hydrogen-bond acceptors (Lipinski definition) is 3. The molecule has 1 N–H and O–H groups in total. The molecule has 1 aliphatic heterocycles. The third-order valence-corrected chi connectivity index (χ3v) is 5.28. The minimum atomic E-state index is -4.76. The third-order valence-electron chi connectivity index (χ3n) is 5.28. The molecule has 0 aliphatic carbocycles. The van der Waals surface area contributed by atoms with Crippen molar-refractivity contribution in [1.29, 1.82) is 0 Å². The van der Waals surface area contributed by atoms with Crippen molar-refractivity contribution in [3.05, 3.63) is 58.4 Å². The van der Waals surface area contributed by atoms with Crippen LogP contribution in [-0.2, 0) is 25.6 Å². The second-order valence-corrected chi connectivity index (χ2v) is 8.18. The van der Waals surface area contributed by atoms with Crippen molar-refractivity contribution in [1.82, 2.24) is 20.2 Å². The van der Waals surface area contributed by atoms with Crippen molar-refractivity contribution < 1.29 is 22.4 Å². The largest absolute Gasteiger partial charge is 0.419 e. The molecule has 1 aromatic heterocycles. The number of carbonyl (C=O) groups is 1. The number of rotatable bonds is 5. The van der Waals surface area contributed by atoms with Crippen LogP contribution < -0.4 is 5.32 Å². The molecule has 0 spiro atoms. The van der Waals surface area contributed by atoms with Crippen LogP contribution in [-0.4, -0.2) is 27.4 Å². The molecule has 31 heavy (non-hydrogen) atoms. The van der Waals surface area contributed by atoms with Crippen LogP contribution in [0.3, 0.4) is 0 Å². The van der Waals surface area contributed by atoms with Crippen LogP contribution in [0.25, 0.3) is 0 Å². The van der Waals surface area contributed by atoms with Crippen molar-refractivity contribution in [3.63, 3.8) is 0 Å². The standard InChI is InChI=1S/C22H26F4N4O/c1-4-18(14-5-6-16(17(23)10-14)22(24,25)26)29-21(31)30-8-7-15-11-27-20(9-13(2)3)28-19(15)12-30/h5-6,10-11,13,18H,4,7-9,12H2,1-3H3,(H,29,31). The summed E-state index contributed by atoms with van der Waals surface area (Å²) < 4.78 is 52.4. The lowest BCUT2D eigenvalue weighted by Gasteiger charge is -2.30. The van der Waals surface area contributed by atoms with Crippen LogP contribution in [0.1, 0.15) is 61.4 Å². The van der Waals surface area contributed by atoms with Gasteiger partial charge in [0.15, 0.2) is 0 Å². The van der Waals surface area contributed by atoms with E-state index in [0.29, 0.717) is 43.5 Å². The van der Waals surface area contributed by atoms with Crippen LogP contribution in [0.5, 0.6) is 0 Å². The van der Waals surface area contributed by atoms with Gasteiger partial charge in [0.2, 0.25) is 0 Å². The van der Waals surface area contributed by atoms with Gasteiger partial charge in [-0.2, -0.15) is 13.2 Å². The van der Waals surface area contributed by atoms with E-state index in [1.165, 1.54) is 6.07 Å². The highest BCUT2D eigenvalue weighted by atomic mass is 19.4. The summed E-state index contributed by atoms with van der Waals surface area (Å²) >= 11 is 0. The molecule has 0 saturated carbocycles. The first-order chi connectivity index (χ1) is 14.6. The van der Waals surface area contributed by atoms with Crippen molar-refractivity contribution in [2.75, 3.05) is 6.54 Å². The van der Waals surface area contributed by atoms with E-state index < -0.39 is 23.6 Å². The van der Waals surface area contributed by atoms with Gasteiger partial charge >= 0.3 is 12.2 Å². The number of amides is 2. The fourth-order valence-electron chi connectivity index (χ4n) is 3.62. The number of fused-ring (bicyclic) bond motifs is 1. The topological polar surface area (TPSA) is 58.1 Å². The predicted molar refractivity (Wildman–Crippen MR) is 108 cm³/mol. The second kappa shape index (κ2) is 9.20. The number of nitrogens with one attached hydrogen (secondary N) is 1. The summed E-state index contributed by atoms with van der Waals surface area (Å²) in [4.78, 5) is 23.4. The van der Waals surface area contributed by atoms with Gasteiger partial charge in [0, 0.05) is 19.2 Å². The molecule has 9 heteroatoms. The van der Waals surface area contributed by atoms with Crippen LogP contribution in [0.2, 0.25) is 0 Å². The molecule has 1 atom stereocenters. The van der Waals surface area contributed by atoms with Crippen LogP contribution in [0.15, 0.2) is 24.4 Å². The summed E-state index contributed by atoms with van der Waals surface area (Å²) in [6.45, 7) is 6.74. The number of carbonyl (C=O) groups excluding carboxylic acids is 1. The smallest absolute Gasteiger partial charge is 0.331 e. The molecule has 0 fully saturated rings. The van der Waals surface area contributed by atoms with Crippen LogP contribution in [0.4, 0.5) is 22.4 Å². The van der Waals surface area contributed by atoms with Crippen LogP contribution >= 0.6 is 0 Å².